The number of hydrogen-bond acceptors (Lipinski definition) is 4. The van der Waals surface area contributed by atoms with Crippen molar-refractivity contribution in [2.45, 2.75) is 38.3 Å². The number of nitrogens with one attached hydrogen (secondary N) is 3. The summed E-state index contributed by atoms with van der Waals surface area (Å²) in [5.74, 6) is -0.695. The molecular weight excluding hydrogens is 422 g/mol. The zero-order valence-corrected chi connectivity index (χ0v) is 18.8. The number of amides is 4. The zero-order valence-electron chi connectivity index (χ0n) is 18.0. The minimum atomic E-state index is -1.21. The van der Waals surface area contributed by atoms with E-state index < -0.39 is 17.5 Å². The second kappa shape index (κ2) is 8.96. The Bertz CT molecular complexity index is 1140. The topological polar surface area (TPSA) is 87.3 Å². The fourth-order valence-corrected chi connectivity index (χ4v) is 4.67. The average molecular weight is 448 g/mol. The molecule has 6 nitrogen and oxygen atoms in total. The number of imide groups is 1. The molecule has 2 heterocycles. The molecule has 32 heavy (non-hydrogen) atoms. The van der Waals surface area contributed by atoms with Gasteiger partial charge in [0.15, 0.2) is 0 Å². The van der Waals surface area contributed by atoms with E-state index in [-0.39, 0.29) is 11.9 Å². The van der Waals surface area contributed by atoms with Crippen molar-refractivity contribution in [2.75, 3.05) is 0 Å². The molecule has 4 amide bonds. The second-order valence-electron chi connectivity index (χ2n) is 8.03. The molecule has 0 aliphatic carbocycles. The molecule has 1 aliphatic rings. The van der Waals surface area contributed by atoms with Gasteiger partial charge in [-0.25, -0.2) is 4.79 Å². The average Bonchev–Trinajstić information content (AvgIpc) is 3.41. The third-order valence-corrected chi connectivity index (χ3v) is 6.64. The largest absolute Gasteiger partial charge is 0.340 e. The first-order valence-electron chi connectivity index (χ1n) is 10.6. The van der Waals surface area contributed by atoms with Crippen LogP contribution in [-0.2, 0) is 16.8 Å². The first kappa shape index (κ1) is 21.8. The van der Waals surface area contributed by atoms with Gasteiger partial charge in [-0.05, 0) is 53.6 Å². The van der Waals surface area contributed by atoms with Crippen molar-refractivity contribution in [1.29, 1.82) is 0 Å². The van der Waals surface area contributed by atoms with Crippen LogP contribution in [0.5, 0.6) is 0 Å². The lowest BCUT2D eigenvalue weighted by Gasteiger charge is -2.22. The Kier molecular flexibility index (Phi) is 6.10. The highest BCUT2D eigenvalue weighted by Crippen LogP contribution is 2.28. The van der Waals surface area contributed by atoms with Gasteiger partial charge in [0.2, 0.25) is 0 Å². The number of hydrogen-bond donors (Lipinski definition) is 3. The SMILES string of the molecule is CCCc1ccc([C@H](NC(=O)c2cccc([C@]3(C)NC(=O)NC3=O)c2)c2cccs2)cc1. The molecule has 0 spiro atoms. The van der Waals surface area contributed by atoms with E-state index in [9.17, 15) is 14.4 Å². The standard InChI is InChI=1S/C25H25N3O3S/c1-3-6-16-10-12-17(13-11-16)21(20-9-5-14-32-20)26-22(29)18-7-4-8-19(15-18)25(2)23(30)27-24(31)28-25/h4-5,7-15,21H,3,6H2,1-2H3,(H,26,29)(H2,27,28,30,31)/t21-,25-/m0/s1. The van der Waals surface area contributed by atoms with Crippen LogP contribution in [0.3, 0.4) is 0 Å². The Balaban J connectivity index is 1.60. The van der Waals surface area contributed by atoms with E-state index >= 15 is 0 Å². The molecule has 3 N–H and O–H groups in total. The van der Waals surface area contributed by atoms with Crippen LogP contribution in [0.2, 0.25) is 0 Å². The molecule has 1 aromatic heterocycles. The smallest absolute Gasteiger partial charge is 0.322 e. The van der Waals surface area contributed by atoms with Gasteiger partial charge in [-0.2, -0.15) is 0 Å². The predicted octanol–water partition coefficient (Wildman–Crippen LogP) is 4.27. The highest BCUT2D eigenvalue weighted by atomic mass is 32.1. The van der Waals surface area contributed by atoms with Gasteiger partial charge in [0.25, 0.3) is 11.8 Å². The molecule has 0 bridgehead atoms. The maximum absolute atomic E-state index is 13.2. The van der Waals surface area contributed by atoms with E-state index in [1.807, 2.05) is 17.5 Å². The summed E-state index contributed by atoms with van der Waals surface area (Å²) in [6, 6.07) is 18.3. The van der Waals surface area contributed by atoms with Gasteiger partial charge in [0.05, 0.1) is 6.04 Å². The minimum Gasteiger partial charge on any atom is -0.340 e. The molecule has 164 valence electrons. The van der Waals surface area contributed by atoms with Crippen molar-refractivity contribution in [2.24, 2.45) is 0 Å². The van der Waals surface area contributed by atoms with Crippen molar-refractivity contribution in [3.05, 3.63) is 93.2 Å². The second-order valence-corrected chi connectivity index (χ2v) is 9.01. The van der Waals surface area contributed by atoms with E-state index in [0.717, 1.165) is 23.3 Å². The monoisotopic (exact) mass is 447 g/mol. The first-order chi connectivity index (χ1) is 15.4. The first-order valence-corrected chi connectivity index (χ1v) is 11.5. The third kappa shape index (κ3) is 4.29. The zero-order chi connectivity index (χ0) is 22.7. The summed E-state index contributed by atoms with van der Waals surface area (Å²) < 4.78 is 0. The normalized spacial score (nSPS) is 18.7. The Morgan fingerprint density at radius 3 is 2.50 bits per heavy atom. The van der Waals surface area contributed by atoms with E-state index in [4.69, 9.17) is 0 Å². The van der Waals surface area contributed by atoms with Crippen LogP contribution in [0, 0.1) is 0 Å². The summed E-state index contributed by atoms with van der Waals surface area (Å²) in [6.45, 7) is 3.77. The summed E-state index contributed by atoms with van der Waals surface area (Å²) in [5, 5.41) is 10.0. The van der Waals surface area contributed by atoms with Crippen LogP contribution in [0.25, 0.3) is 0 Å². The molecule has 1 aliphatic heterocycles. The highest BCUT2D eigenvalue weighted by molar-refractivity contribution is 7.10. The van der Waals surface area contributed by atoms with Gasteiger partial charge in [0, 0.05) is 10.4 Å². The molecule has 3 aromatic rings. The summed E-state index contributed by atoms with van der Waals surface area (Å²) >= 11 is 1.59. The van der Waals surface area contributed by atoms with E-state index in [2.05, 4.69) is 47.1 Å². The number of thiophene rings is 1. The van der Waals surface area contributed by atoms with Gasteiger partial charge < -0.3 is 10.6 Å². The Morgan fingerprint density at radius 1 is 1.09 bits per heavy atom. The molecule has 2 atom stereocenters. The summed E-state index contributed by atoms with van der Waals surface area (Å²) in [4.78, 5) is 38.2. The van der Waals surface area contributed by atoms with Crippen molar-refractivity contribution < 1.29 is 14.4 Å². The number of rotatable bonds is 7. The van der Waals surface area contributed by atoms with Crippen molar-refractivity contribution in [3.8, 4) is 0 Å². The van der Waals surface area contributed by atoms with E-state index in [0.29, 0.717) is 11.1 Å². The van der Waals surface area contributed by atoms with Crippen LogP contribution in [0.1, 0.15) is 58.2 Å². The molecule has 1 saturated heterocycles. The Morgan fingerprint density at radius 2 is 1.88 bits per heavy atom. The number of benzene rings is 2. The quantitative estimate of drug-likeness (QED) is 0.473. The van der Waals surface area contributed by atoms with Crippen molar-refractivity contribution >= 4 is 29.2 Å². The summed E-state index contributed by atoms with van der Waals surface area (Å²) in [5.41, 5.74) is 2.03. The Hall–Kier alpha value is -3.45. The van der Waals surface area contributed by atoms with Gasteiger partial charge in [-0.3, -0.25) is 14.9 Å². The molecule has 7 heteroatoms. The molecule has 0 saturated carbocycles. The fraction of sp³-hybridized carbons (Fsp3) is 0.240. The molecule has 0 unspecified atom stereocenters. The lowest BCUT2D eigenvalue weighted by Crippen LogP contribution is -2.40. The lowest BCUT2D eigenvalue weighted by molar-refractivity contribution is -0.123. The van der Waals surface area contributed by atoms with Crippen LogP contribution in [0.4, 0.5) is 4.79 Å². The molecular formula is C25H25N3O3S. The highest BCUT2D eigenvalue weighted by Gasteiger charge is 2.43. The summed E-state index contributed by atoms with van der Waals surface area (Å²) in [7, 11) is 0. The lowest BCUT2D eigenvalue weighted by atomic mass is 9.91. The maximum atomic E-state index is 13.2. The summed E-state index contributed by atoms with van der Waals surface area (Å²) in [6.07, 6.45) is 2.10. The number of carbonyl (C=O) groups is 3. The van der Waals surface area contributed by atoms with Crippen molar-refractivity contribution in [3.63, 3.8) is 0 Å². The van der Waals surface area contributed by atoms with Gasteiger partial charge in [-0.1, -0.05) is 55.8 Å². The van der Waals surface area contributed by atoms with Crippen LogP contribution < -0.4 is 16.0 Å². The number of aryl methyl sites for hydroxylation is 1. The van der Waals surface area contributed by atoms with Gasteiger partial charge in [0.1, 0.15) is 5.54 Å². The molecule has 4 rings (SSSR count). The van der Waals surface area contributed by atoms with Gasteiger partial charge in [-0.15, -0.1) is 11.3 Å². The molecule has 1 fully saturated rings. The van der Waals surface area contributed by atoms with Crippen molar-refractivity contribution in [1.82, 2.24) is 16.0 Å². The van der Waals surface area contributed by atoms with E-state index in [1.54, 1.807) is 42.5 Å². The third-order valence-electron chi connectivity index (χ3n) is 5.70. The number of carbonyl (C=O) groups excluding carboxylic acids is 3. The number of urea groups is 1. The van der Waals surface area contributed by atoms with Crippen LogP contribution in [0.15, 0.2) is 66.0 Å². The van der Waals surface area contributed by atoms with Crippen LogP contribution in [-0.4, -0.2) is 17.8 Å². The minimum absolute atomic E-state index is 0.254. The molecule has 0 radical (unpaired) electrons. The van der Waals surface area contributed by atoms with E-state index in [1.165, 1.54) is 5.56 Å². The van der Waals surface area contributed by atoms with Crippen LogP contribution >= 0.6 is 11.3 Å². The molecule has 2 aromatic carbocycles. The Labute approximate surface area is 191 Å². The maximum Gasteiger partial charge on any atom is 0.322 e. The van der Waals surface area contributed by atoms with Gasteiger partial charge >= 0.3 is 6.03 Å². The fourth-order valence-electron chi connectivity index (χ4n) is 3.87. The predicted molar refractivity (Wildman–Crippen MR) is 125 cm³/mol.